The molecular formula is C42H44N4O10. The first kappa shape index (κ1) is 39.5. The number of aromatic hydroxyl groups is 1. The van der Waals surface area contributed by atoms with Crippen LogP contribution in [0.1, 0.15) is 51.6 Å². The Labute approximate surface area is 322 Å². The molecule has 292 valence electrons. The first-order valence-electron chi connectivity index (χ1n) is 18.2. The number of aliphatic hydroxyl groups excluding tert-OH is 1. The number of hydrogen-bond donors (Lipinski definition) is 7. The predicted molar refractivity (Wildman–Crippen MR) is 207 cm³/mol. The maximum Gasteiger partial charge on any atom is 0.345 e. The number of pyridine rings is 1. The number of rotatable bonds is 15. The molecule has 0 radical (unpaired) electrons. The number of hydrogen-bond acceptors (Lipinski definition) is 10. The topological polar surface area (TPSA) is 211 Å². The summed E-state index contributed by atoms with van der Waals surface area (Å²) >= 11 is 0. The first-order valence-corrected chi connectivity index (χ1v) is 18.2. The van der Waals surface area contributed by atoms with Crippen LogP contribution in [0.25, 0.3) is 10.9 Å². The van der Waals surface area contributed by atoms with Crippen molar-refractivity contribution in [2.24, 2.45) is 5.92 Å². The molecule has 2 amide bonds. The number of piperidine rings is 1. The van der Waals surface area contributed by atoms with E-state index in [2.05, 4.69) is 15.6 Å². The van der Waals surface area contributed by atoms with Gasteiger partial charge in [-0.3, -0.25) is 14.4 Å². The lowest BCUT2D eigenvalue weighted by Gasteiger charge is -2.32. The van der Waals surface area contributed by atoms with Gasteiger partial charge in [-0.1, -0.05) is 54.6 Å². The van der Waals surface area contributed by atoms with Crippen LogP contribution in [-0.4, -0.2) is 88.0 Å². The number of methoxy groups -OCH3 is 1. The van der Waals surface area contributed by atoms with Crippen LogP contribution in [0.5, 0.6) is 17.2 Å². The smallest absolute Gasteiger partial charge is 0.345 e. The van der Waals surface area contributed by atoms with E-state index in [9.17, 15) is 39.6 Å². The standard InChI is InChI=1S/C42H44N4O10/c1-55-36-20-27(10-11-28(36)23-43-24-35(48)32-12-14-34(47)39-33(32)13-15-37(49)45-39)40(51)44-22-26-16-18-46(19-17-26)38(50)25-56-31-9-5-8-30(21-31)42(54,41(52)53)29-6-3-2-4-7-29/h2-15,20-21,26,35,43,47-48,54H,16-19,22-25H2,1H3,(H,44,51)(H,45,49)(H,52,53). The Morgan fingerprint density at radius 3 is 2.43 bits per heavy atom. The van der Waals surface area contributed by atoms with Crippen molar-refractivity contribution in [3.05, 3.63) is 135 Å². The zero-order valence-electron chi connectivity index (χ0n) is 30.7. The minimum atomic E-state index is -2.29. The highest BCUT2D eigenvalue weighted by atomic mass is 16.5. The summed E-state index contributed by atoms with van der Waals surface area (Å²) in [4.78, 5) is 54.3. The van der Waals surface area contributed by atoms with Crippen molar-refractivity contribution in [1.29, 1.82) is 0 Å². The molecule has 1 saturated heterocycles. The van der Waals surface area contributed by atoms with Crippen molar-refractivity contribution >= 4 is 28.7 Å². The molecule has 14 heteroatoms. The minimum absolute atomic E-state index is 0.0858. The second kappa shape index (κ2) is 17.5. The summed E-state index contributed by atoms with van der Waals surface area (Å²) in [7, 11) is 1.51. The lowest BCUT2D eigenvalue weighted by molar-refractivity contribution is -0.155. The van der Waals surface area contributed by atoms with Crippen LogP contribution >= 0.6 is 0 Å². The van der Waals surface area contributed by atoms with Gasteiger partial charge in [0.05, 0.1) is 18.7 Å². The molecule has 0 saturated carbocycles. The molecule has 2 unspecified atom stereocenters. The number of nitrogens with one attached hydrogen (secondary N) is 3. The Bertz CT molecular complexity index is 2250. The normalized spacial score (nSPS) is 14.8. The number of carboxylic acid groups (broad SMARTS) is 1. The molecule has 6 rings (SSSR count). The number of carbonyl (C=O) groups excluding carboxylic acids is 2. The number of amides is 2. The van der Waals surface area contributed by atoms with E-state index in [1.54, 1.807) is 65.6 Å². The average molecular weight is 765 g/mol. The Kier molecular flexibility index (Phi) is 12.3. The number of carboxylic acids is 1. The molecule has 1 aliphatic rings. The number of aromatic nitrogens is 1. The van der Waals surface area contributed by atoms with E-state index in [0.29, 0.717) is 61.3 Å². The predicted octanol–water partition coefficient (Wildman–Crippen LogP) is 3.43. The number of phenols is 1. The van der Waals surface area contributed by atoms with E-state index in [0.717, 1.165) is 5.56 Å². The average Bonchev–Trinajstić information content (AvgIpc) is 3.22. The number of likely N-dealkylation sites (tertiary alicyclic amines) is 1. The largest absolute Gasteiger partial charge is 0.506 e. The number of ether oxygens (including phenoxy) is 2. The van der Waals surface area contributed by atoms with Crippen LogP contribution in [0.3, 0.4) is 0 Å². The number of aliphatic hydroxyl groups is 2. The quantitative estimate of drug-likeness (QED) is 0.0821. The van der Waals surface area contributed by atoms with Gasteiger partial charge in [0.2, 0.25) is 11.2 Å². The Balaban J connectivity index is 0.950. The van der Waals surface area contributed by atoms with Gasteiger partial charge in [-0.25, -0.2) is 4.79 Å². The molecule has 2 heterocycles. The summed E-state index contributed by atoms with van der Waals surface area (Å²) in [5.74, 6) is -1.09. The van der Waals surface area contributed by atoms with Crippen LogP contribution < -0.4 is 25.7 Å². The van der Waals surface area contributed by atoms with E-state index in [-0.39, 0.29) is 64.6 Å². The molecule has 4 aromatic carbocycles. The summed E-state index contributed by atoms with van der Waals surface area (Å²) in [6.45, 7) is 1.66. The zero-order chi connectivity index (χ0) is 39.8. The summed E-state index contributed by atoms with van der Waals surface area (Å²) in [6, 6.07) is 25.2. The fourth-order valence-electron chi connectivity index (χ4n) is 6.90. The van der Waals surface area contributed by atoms with E-state index >= 15 is 0 Å². The summed E-state index contributed by atoms with van der Waals surface area (Å²) < 4.78 is 11.3. The number of fused-ring (bicyclic) bond motifs is 1. The molecule has 1 fully saturated rings. The van der Waals surface area contributed by atoms with Gasteiger partial charge in [-0.2, -0.15) is 0 Å². The Hall–Kier alpha value is -6.22. The summed E-state index contributed by atoms with van der Waals surface area (Å²) in [5.41, 5.74) is -0.351. The molecule has 5 aromatic rings. The van der Waals surface area contributed by atoms with Gasteiger partial charge in [0.25, 0.3) is 11.8 Å². The molecular weight excluding hydrogens is 720 g/mol. The van der Waals surface area contributed by atoms with E-state index in [4.69, 9.17) is 9.47 Å². The van der Waals surface area contributed by atoms with E-state index in [1.165, 1.54) is 43.5 Å². The number of benzene rings is 4. The second-order valence-electron chi connectivity index (χ2n) is 13.7. The van der Waals surface area contributed by atoms with Crippen molar-refractivity contribution in [2.75, 3.05) is 39.9 Å². The molecule has 0 spiro atoms. The Morgan fingerprint density at radius 2 is 1.70 bits per heavy atom. The maximum atomic E-state index is 13.1. The van der Waals surface area contributed by atoms with Gasteiger partial charge in [-0.05, 0) is 66.3 Å². The molecule has 14 nitrogen and oxygen atoms in total. The van der Waals surface area contributed by atoms with Crippen molar-refractivity contribution in [3.8, 4) is 17.2 Å². The first-order chi connectivity index (χ1) is 27.0. The van der Waals surface area contributed by atoms with Crippen LogP contribution in [0.4, 0.5) is 0 Å². The SMILES string of the molecule is COc1cc(C(=O)NCC2CCN(C(=O)COc3cccc(C(O)(C(=O)O)c4ccccc4)c3)CC2)ccc1CNCC(O)c1ccc(O)c2[nH]c(=O)ccc12. The molecule has 2 atom stereocenters. The number of carbonyl (C=O) groups is 3. The molecule has 7 N–H and O–H groups in total. The van der Waals surface area contributed by atoms with Gasteiger partial charge in [0.15, 0.2) is 6.61 Å². The third-order valence-corrected chi connectivity index (χ3v) is 10.1. The van der Waals surface area contributed by atoms with Crippen LogP contribution in [0, 0.1) is 5.92 Å². The molecule has 1 aliphatic heterocycles. The summed E-state index contributed by atoms with van der Waals surface area (Å²) in [6.07, 6.45) is 0.432. The van der Waals surface area contributed by atoms with Gasteiger partial charge < -0.3 is 50.4 Å². The van der Waals surface area contributed by atoms with Gasteiger partial charge in [-0.15, -0.1) is 0 Å². The second-order valence-corrected chi connectivity index (χ2v) is 13.7. The zero-order valence-corrected chi connectivity index (χ0v) is 30.7. The number of H-pyrrole nitrogens is 1. The van der Waals surface area contributed by atoms with Crippen molar-refractivity contribution in [1.82, 2.24) is 20.5 Å². The lowest BCUT2D eigenvalue weighted by Crippen LogP contribution is -2.43. The molecule has 0 bridgehead atoms. The number of aromatic amines is 1. The Morgan fingerprint density at radius 1 is 0.946 bits per heavy atom. The van der Waals surface area contributed by atoms with E-state index in [1.807, 2.05) is 0 Å². The number of phenolic OH excluding ortho intramolecular Hbond substituents is 1. The maximum absolute atomic E-state index is 13.1. The third-order valence-electron chi connectivity index (χ3n) is 10.1. The summed E-state index contributed by atoms with van der Waals surface area (Å²) in [5, 5.41) is 48.8. The van der Waals surface area contributed by atoms with Gasteiger partial charge >= 0.3 is 5.97 Å². The number of aliphatic carboxylic acids is 1. The third kappa shape index (κ3) is 8.84. The van der Waals surface area contributed by atoms with Crippen molar-refractivity contribution in [3.63, 3.8) is 0 Å². The monoisotopic (exact) mass is 764 g/mol. The van der Waals surface area contributed by atoms with Crippen LogP contribution in [0.15, 0.2) is 102 Å². The molecule has 56 heavy (non-hydrogen) atoms. The fourth-order valence-corrected chi connectivity index (χ4v) is 6.90. The molecule has 0 aliphatic carbocycles. The van der Waals surface area contributed by atoms with E-state index < -0.39 is 17.7 Å². The highest BCUT2D eigenvalue weighted by Gasteiger charge is 2.40. The van der Waals surface area contributed by atoms with Crippen LogP contribution in [0.2, 0.25) is 0 Å². The minimum Gasteiger partial charge on any atom is -0.506 e. The fraction of sp³-hybridized carbons (Fsp3) is 0.286. The number of nitrogens with zero attached hydrogens (tertiary/aromatic N) is 1. The van der Waals surface area contributed by atoms with Crippen LogP contribution in [-0.2, 0) is 21.7 Å². The highest BCUT2D eigenvalue weighted by Crippen LogP contribution is 2.32. The van der Waals surface area contributed by atoms with Gasteiger partial charge in [0.1, 0.15) is 17.2 Å². The molecule has 1 aromatic heterocycles. The lowest BCUT2D eigenvalue weighted by atomic mass is 9.86. The van der Waals surface area contributed by atoms with Crippen molar-refractivity contribution in [2.45, 2.75) is 31.1 Å². The van der Waals surface area contributed by atoms with Crippen molar-refractivity contribution < 1.29 is 44.3 Å². The highest BCUT2D eigenvalue weighted by molar-refractivity contribution is 5.94. The van der Waals surface area contributed by atoms with Gasteiger partial charge in [0, 0.05) is 60.9 Å².